The maximum absolute atomic E-state index is 12.1. The molecule has 0 aliphatic heterocycles. The van der Waals surface area contributed by atoms with Crippen LogP contribution in [0.1, 0.15) is 12.0 Å². The third-order valence-corrected chi connectivity index (χ3v) is 5.26. The van der Waals surface area contributed by atoms with Gasteiger partial charge in [-0.1, -0.05) is 41.4 Å². The van der Waals surface area contributed by atoms with Crippen LogP contribution in [-0.4, -0.2) is 22.7 Å². The van der Waals surface area contributed by atoms with Gasteiger partial charge in [0.2, 0.25) is 0 Å². The van der Waals surface area contributed by atoms with Crippen molar-refractivity contribution in [1.29, 1.82) is 0 Å². The standard InChI is InChI=1S/C17H17Cl2NO2S/c18-12-7-5-11(9-13(12)19)6-8-15(21)14(20)10-23-17-4-2-1-3-16(17)22/h1-5,7,9,14,22H,6,8,10,20H2/t14-/m1/s1. The van der Waals surface area contributed by atoms with Gasteiger partial charge in [-0.2, -0.15) is 0 Å². The molecule has 3 N–H and O–H groups in total. The second kappa shape index (κ2) is 8.60. The van der Waals surface area contributed by atoms with Crippen molar-refractivity contribution in [3.8, 4) is 5.75 Å². The van der Waals surface area contributed by atoms with Crippen molar-refractivity contribution in [3.63, 3.8) is 0 Å². The van der Waals surface area contributed by atoms with E-state index in [0.717, 1.165) is 10.5 Å². The molecule has 122 valence electrons. The Hall–Kier alpha value is -1.20. The van der Waals surface area contributed by atoms with Gasteiger partial charge in [-0.05, 0) is 36.2 Å². The number of carbonyl (C=O) groups excluding carboxylic acids is 1. The number of ketones is 1. The number of para-hydroxylation sites is 1. The molecule has 0 saturated carbocycles. The van der Waals surface area contributed by atoms with Crippen LogP contribution in [0.2, 0.25) is 10.0 Å². The second-order valence-corrected chi connectivity index (χ2v) is 6.98. The minimum atomic E-state index is -0.567. The molecule has 0 aromatic heterocycles. The number of hydrogen-bond donors (Lipinski definition) is 2. The van der Waals surface area contributed by atoms with Gasteiger partial charge in [0.1, 0.15) is 5.75 Å². The number of carbonyl (C=O) groups is 1. The first-order valence-corrected chi connectivity index (χ1v) is 8.84. The third kappa shape index (κ3) is 5.43. The number of phenolic OH excluding ortho intramolecular Hbond substituents is 1. The van der Waals surface area contributed by atoms with Crippen LogP contribution in [0.15, 0.2) is 47.4 Å². The van der Waals surface area contributed by atoms with Gasteiger partial charge in [-0.15, -0.1) is 11.8 Å². The summed E-state index contributed by atoms with van der Waals surface area (Å²) in [6, 6.07) is 11.8. The van der Waals surface area contributed by atoms with Gasteiger partial charge in [-0.3, -0.25) is 4.79 Å². The molecular formula is C17H17Cl2NO2S. The molecule has 2 aromatic carbocycles. The largest absolute Gasteiger partial charge is 0.507 e. The second-order valence-electron chi connectivity index (χ2n) is 5.10. The maximum Gasteiger partial charge on any atom is 0.150 e. The first-order chi connectivity index (χ1) is 11.0. The van der Waals surface area contributed by atoms with Gasteiger partial charge >= 0.3 is 0 Å². The van der Waals surface area contributed by atoms with Crippen LogP contribution in [0.3, 0.4) is 0 Å². The fourth-order valence-electron chi connectivity index (χ4n) is 2.00. The van der Waals surface area contributed by atoms with E-state index >= 15 is 0 Å². The van der Waals surface area contributed by atoms with Crippen LogP contribution in [0.4, 0.5) is 0 Å². The molecule has 2 rings (SSSR count). The topological polar surface area (TPSA) is 63.3 Å². The van der Waals surface area contributed by atoms with Crippen molar-refractivity contribution >= 4 is 40.7 Å². The predicted octanol–water partition coefficient (Wildman–Crippen LogP) is 4.32. The molecule has 2 aromatic rings. The normalized spacial score (nSPS) is 12.1. The summed E-state index contributed by atoms with van der Waals surface area (Å²) in [6.45, 7) is 0. The SMILES string of the molecule is N[C@H](CSc1ccccc1O)C(=O)CCc1ccc(Cl)c(Cl)c1. The van der Waals surface area contributed by atoms with Crippen molar-refractivity contribution in [3.05, 3.63) is 58.1 Å². The molecule has 0 bridgehead atoms. The predicted molar refractivity (Wildman–Crippen MR) is 96.6 cm³/mol. The van der Waals surface area contributed by atoms with E-state index in [9.17, 15) is 9.90 Å². The molecule has 3 nitrogen and oxygen atoms in total. The zero-order valence-electron chi connectivity index (χ0n) is 12.3. The van der Waals surface area contributed by atoms with Gasteiger partial charge in [0, 0.05) is 17.1 Å². The molecule has 6 heteroatoms. The number of Topliss-reactive ketones (excluding diaryl/α,β-unsaturated/α-hetero) is 1. The lowest BCUT2D eigenvalue weighted by Crippen LogP contribution is -2.33. The Morgan fingerprint density at radius 3 is 2.61 bits per heavy atom. The van der Waals surface area contributed by atoms with Crippen LogP contribution >= 0.6 is 35.0 Å². The molecular weight excluding hydrogens is 353 g/mol. The van der Waals surface area contributed by atoms with Gasteiger partial charge in [0.25, 0.3) is 0 Å². The van der Waals surface area contributed by atoms with E-state index in [4.69, 9.17) is 28.9 Å². The fourth-order valence-corrected chi connectivity index (χ4v) is 3.26. The quantitative estimate of drug-likeness (QED) is 0.713. The minimum absolute atomic E-state index is 0.0148. The maximum atomic E-state index is 12.1. The summed E-state index contributed by atoms with van der Waals surface area (Å²) in [7, 11) is 0. The van der Waals surface area contributed by atoms with E-state index in [1.807, 2.05) is 12.1 Å². The summed E-state index contributed by atoms with van der Waals surface area (Å²) in [5, 5.41) is 10.7. The summed E-state index contributed by atoms with van der Waals surface area (Å²) in [4.78, 5) is 12.8. The van der Waals surface area contributed by atoms with E-state index in [0.29, 0.717) is 28.6 Å². The number of thioether (sulfide) groups is 1. The van der Waals surface area contributed by atoms with Gasteiger partial charge < -0.3 is 10.8 Å². The van der Waals surface area contributed by atoms with E-state index in [-0.39, 0.29) is 11.5 Å². The average Bonchev–Trinajstić information content (AvgIpc) is 2.54. The fraction of sp³-hybridized carbons (Fsp3) is 0.235. The highest BCUT2D eigenvalue weighted by atomic mass is 35.5. The van der Waals surface area contributed by atoms with E-state index in [2.05, 4.69) is 0 Å². The lowest BCUT2D eigenvalue weighted by Gasteiger charge is -2.11. The Bertz CT molecular complexity index is 694. The molecule has 0 aliphatic rings. The zero-order valence-corrected chi connectivity index (χ0v) is 14.7. The molecule has 23 heavy (non-hydrogen) atoms. The number of benzene rings is 2. The molecule has 0 spiro atoms. The average molecular weight is 370 g/mol. The monoisotopic (exact) mass is 369 g/mol. The number of halogens is 2. The highest BCUT2D eigenvalue weighted by molar-refractivity contribution is 7.99. The summed E-state index contributed by atoms with van der Waals surface area (Å²) in [5.74, 6) is 0.615. The summed E-state index contributed by atoms with van der Waals surface area (Å²) in [5.41, 5.74) is 6.89. The number of rotatable bonds is 7. The summed E-state index contributed by atoms with van der Waals surface area (Å²) >= 11 is 13.2. The van der Waals surface area contributed by atoms with Crippen molar-refractivity contribution in [1.82, 2.24) is 0 Å². The Labute approximate surface area is 149 Å². The highest BCUT2D eigenvalue weighted by Crippen LogP contribution is 2.28. The highest BCUT2D eigenvalue weighted by Gasteiger charge is 2.15. The molecule has 0 unspecified atom stereocenters. The number of hydrogen-bond acceptors (Lipinski definition) is 4. The lowest BCUT2D eigenvalue weighted by molar-refractivity contribution is -0.119. The summed E-state index contributed by atoms with van der Waals surface area (Å²) < 4.78 is 0. The first-order valence-electron chi connectivity index (χ1n) is 7.10. The van der Waals surface area contributed by atoms with Gasteiger partial charge in [-0.25, -0.2) is 0 Å². The Morgan fingerprint density at radius 1 is 1.17 bits per heavy atom. The van der Waals surface area contributed by atoms with Gasteiger partial charge in [0.05, 0.1) is 16.1 Å². The van der Waals surface area contributed by atoms with Gasteiger partial charge in [0.15, 0.2) is 5.78 Å². The third-order valence-electron chi connectivity index (χ3n) is 3.34. The number of nitrogens with two attached hydrogens (primary N) is 1. The van der Waals surface area contributed by atoms with Crippen molar-refractivity contribution in [2.45, 2.75) is 23.8 Å². The van der Waals surface area contributed by atoms with Crippen LogP contribution in [-0.2, 0) is 11.2 Å². The molecule has 0 amide bonds. The molecule has 1 atom stereocenters. The lowest BCUT2D eigenvalue weighted by atomic mass is 10.0. The Balaban J connectivity index is 1.83. The first kappa shape index (κ1) is 18.1. The zero-order chi connectivity index (χ0) is 16.8. The molecule has 0 radical (unpaired) electrons. The van der Waals surface area contributed by atoms with E-state index in [1.54, 1.807) is 30.3 Å². The smallest absolute Gasteiger partial charge is 0.150 e. The molecule has 0 saturated heterocycles. The molecule has 0 heterocycles. The minimum Gasteiger partial charge on any atom is -0.507 e. The van der Waals surface area contributed by atoms with Crippen LogP contribution in [0.5, 0.6) is 5.75 Å². The van der Waals surface area contributed by atoms with Crippen molar-refractivity contribution < 1.29 is 9.90 Å². The molecule has 0 fully saturated rings. The van der Waals surface area contributed by atoms with Crippen LogP contribution in [0.25, 0.3) is 0 Å². The van der Waals surface area contributed by atoms with Crippen molar-refractivity contribution in [2.75, 3.05) is 5.75 Å². The van der Waals surface area contributed by atoms with E-state index in [1.165, 1.54) is 11.8 Å². The molecule has 0 aliphatic carbocycles. The number of aryl methyl sites for hydroxylation is 1. The van der Waals surface area contributed by atoms with Crippen molar-refractivity contribution in [2.24, 2.45) is 5.73 Å². The van der Waals surface area contributed by atoms with Crippen LogP contribution < -0.4 is 5.73 Å². The van der Waals surface area contributed by atoms with Crippen LogP contribution in [0, 0.1) is 0 Å². The number of phenols is 1. The Morgan fingerprint density at radius 2 is 1.91 bits per heavy atom. The Kier molecular flexibility index (Phi) is 6.78. The number of aromatic hydroxyl groups is 1. The summed E-state index contributed by atoms with van der Waals surface area (Å²) in [6.07, 6.45) is 0.922. The van der Waals surface area contributed by atoms with E-state index < -0.39 is 6.04 Å².